The van der Waals surface area contributed by atoms with E-state index in [1.807, 2.05) is 0 Å². The molecule has 14 heavy (non-hydrogen) atoms. The predicted molar refractivity (Wildman–Crippen MR) is 51.9 cm³/mol. The minimum atomic E-state index is -2.86. The van der Waals surface area contributed by atoms with E-state index in [4.69, 9.17) is 0 Å². The van der Waals surface area contributed by atoms with E-state index in [1.54, 1.807) is 19.3 Å². The lowest BCUT2D eigenvalue weighted by atomic mass is 10.1. The fourth-order valence-electron chi connectivity index (χ4n) is 1.00. The molecule has 0 saturated carbocycles. The zero-order chi connectivity index (χ0) is 10.6. The van der Waals surface area contributed by atoms with Crippen LogP contribution in [0.1, 0.15) is 18.2 Å². The lowest BCUT2D eigenvalue weighted by Crippen LogP contribution is -2.09. The monoisotopic (exact) mass is 198 g/mol. The van der Waals surface area contributed by atoms with Crippen molar-refractivity contribution in [2.75, 3.05) is 7.05 Å². The van der Waals surface area contributed by atoms with Crippen molar-refractivity contribution in [1.82, 2.24) is 4.98 Å². The van der Waals surface area contributed by atoms with E-state index in [1.165, 1.54) is 12.3 Å². The Labute approximate surface area is 81.7 Å². The van der Waals surface area contributed by atoms with Gasteiger partial charge in [-0.05, 0) is 11.6 Å². The molecule has 0 radical (unpaired) electrons. The zero-order valence-electron chi connectivity index (χ0n) is 8.17. The van der Waals surface area contributed by atoms with Gasteiger partial charge in [-0.15, -0.1) is 0 Å². The number of aromatic nitrogens is 1. The predicted octanol–water partition coefficient (Wildman–Crippen LogP) is 2.44. The molecule has 1 aromatic heterocycles. The third-order valence-corrected chi connectivity index (χ3v) is 1.78. The molecular weight excluding hydrogens is 186 g/mol. The van der Waals surface area contributed by atoms with Gasteiger partial charge >= 0.3 is 0 Å². The summed E-state index contributed by atoms with van der Waals surface area (Å²) < 4.78 is 25.5. The largest absolute Gasteiger partial charge is 0.301 e. The Morgan fingerprint density at radius 3 is 2.64 bits per heavy atom. The van der Waals surface area contributed by atoms with Gasteiger partial charge < -0.3 is 4.99 Å². The Morgan fingerprint density at radius 2 is 2.21 bits per heavy atom. The molecule has 76 valence electrons. The molecule has 4 heteroatoms. The van der Waals surface area contributed by atoms with Gasteiger partial charge in [0, 0.05) is 32.8 Å². The quantitative estimate of drug-likeness (QED) is 0.685. The fraction of sp³-hybridized carbons (Fsp3) is 0.400. The first-order valence-corrected chi connectivity index (χ1v) is 4.28. The molecule has 0 aromatic carbocycles. The minimum Gasteiger partial charge on any atom is -0.301 e. The van der Waals surface area contributed by atoms with E-state index in [0.29, 0.717) is 6.42 Å². The molecule has 0 bridgehead atoms. The van der Waals surface area contributed by atoms with Gasteiger partial charge in [-0.1, -0.05) is 6.07 Å². The van der Waals surface area contributed by atoms with Crippen LogP contribution < -0.4 is 0 Å². The normalized spacial score (nSPS) is 12.3. The maximum absolute atomic E-state index is 12.7. The number of rotatable bonds is 3. The van der Waals surface area contributed by atoms with Crippen LogP contribution >= 0.6 is 0 Å². The Morgan fingerprint density at radius 1 is 1.50 bits per heavy atom. The lowest BCUT2D eigenvalue weighted by molar-refractivity contribution is 0.0127. The molecule has 0 aliphatic heterocycles. The molecule has 0 aliphatic rings. The van der Waals surface area contributed by atoms with Gasteiger partial charge in [0.1, 0.15) is 5.69 Å². The van der Waals surface area contributed by atoms with Crippen LogP contribution in [0.5, 0.6) is 0 Å². The van der Waals surface area contributed by atoms with Gasteiger partial charge in [-0.25, -0.2) is 0 Å². The number of hydrogen-bond acceptors (Lipinski definition) is 2. The summed E-state index contributed by atoms with van der Waals surface area (Å²) in [5.74, 6) is -2.86. The van der Waals surface area contributed by atoms with Crippen molar-refractivity contribution in [1.29, 1.82) is 0 Å². The minimum absolute atomic E-state index is 0.199. The molecule has 0 spiro atoms. The Bertz CT molecular complexity index is 312. The molecule has 0 unspecified atom stereocenters. The molecule has 0 N–H and O–H groups in total. The number of aliphatic imine (C=N–C) groups is 1. The molecule has 2 nitrogen and oxygen atoms in total. The van der Waals surface area contributed by atoms with Gasteiger partial charge in [0.25, 0.3) is 5.92 Å². The van der Waals surface area contributed by atoms with Crippen LogP contribution in [-0.4, -0.2) is 18.2 Å². The van der Waals surface area contributed by atoms with E-state index in [9.17, 15) is 8.78 Å². The Hall–Kier alpha value is -1.32. The molecule has 0 fully saturated rings. The summed E-state index contributed by atoms with van der Waals surface area (Å²) in [5.41, 5.74) is 0.679. The molecule has 1 rings (SSSR count). The van der Waals surface area contributed by atoms with E-state index < -0.39 is 5.92 Å². The summed E-state index contributed by atoms with van der Waals surface area (Å²) in [4.78, 5) is 7.49. The SMILES string of the molecule is CN=CCc1ccc(C(C)(F)F)nc1. The number of alkyl halides is 2. The van der Waals surface area contributed by atoms with E-state index in [-0.39, 0.29) is 5.69 Å². The van der Waals surface area contributed by atoms with E-state index in [2.05, 4.69) is 9.98 Å². The maximum Gasteiger partial charge on any atom is 0.286 e. The summed E-state index contributed by atoms with van der Waals surface area (Å²) in [5, 5.41) is 0. The highest BCUT2D eigenvalue weighted by atomic mass is 19.3. The van der Waals surface area contributed by atoms with Gasteiger partial charge in [-0.3, -0.25) is 4.98 Å². The van der Waals surface area contributed by atoms with Crippen molar-refractivity contribution in [3.63, 3.8) is 0 Å². The Kier molecular flexibility index (Phi) is 3.28. The number of nitrogens with zero attached hydrogens (tertiary/aromatic N) is 2. The fourth-order valence-corrected chi connectivity index (χ4v) is 1.00. The van der Waals surface area contributed by atoms with Crippen LogP contribution in [0.4, 0.5) is 8.78 Å². The van der Waals surface area contributed by atoms with Gasteiger partial charge in [0.15, 0.2) is 0 Å². The standard InChI is InChI=1S/C10H12F2N2/c1-10(11,12)9-4-3-8(7-14-9)5-6-13-2/h3-4,6-7H,5H2,1-2H3. The molecule has 1 heterocycles. The average Bonchev–Trinajstić information content (AvgIpc) is 2.14. The molecule has 1 aromatic rings. The Balaban J connectivity index is 2.79. The summed E-state index contributed by atoms with van der Waals surface area (Å²) >= 11 is 0. The van der Waals surface area contributed by atoms with Crippen LogP contribution in [0, 0.1) is 0 Å². The summed E-state index contributed by atoms with van der Waals surface area (Å²) in [7, 11) is 1.67. The van der Waals surface area contributed by atoms with Crippen LogP contribution in [0.2, 0.25) is 0 Å². The first-order valence-electron chi connectivity index (χ1n) is 4.28. The number of halogens is 2. The second-order valence-electron chi connectivity index (χ2n) is 3.08. The van der Waals surface area contributed by atoms with Gasteiger partial charge in [0.2, 0.25) is 0 Å². The lowest BCUT2D eigenvalue weighted by Gasteiger charge is -2.08. The summed E-state index contributed by atoms with van der Waals surface area (Å²) in [6, 6.07) is 2.99. The van der Waals surface area contributed by atoms with E-state index in [0.717, 1.165) is 12.5 Å². The highest BCUT2D eigenvalue weighted by molar-refractivity contribution is 5.60. The van der Waals surface area contributed by atoms with Crippen molar-refractivity contribution in [2.45, 2.75) is 19.3 Å². The van der Waals surface area contributed by atoms with E-state index >= 15 is 0 Å². The van der Waals surface area contributed by atoms with Crippen LogP contribution in [0.25, 0.3) is 0 Å². The van der Waals surface area contributed by atoms with Gasteiger partial charge in [0.05, 0.1) is 0 Å². The number of pyridine rings is 1. The van der Waals surface area contributed by atoms with Crippen molar-refractivity contribution in [3.05, 3.63) is 29.6 Å². The van der Waals surface area contributed by atoms with Crippen LogP contribution in [0.3, 0.4) is 0 Å². The summed E-state index contributed by atoms with van der Waals surface area (Å²) in [6.45, 7) is 0.836. The first-order chi connectivity index (χ1) is 6.54. The van der Waals surface area contributed by atoms with Crippen molar-refractivity contribution < 1.29 is 8.78 Å². The third-order valence-electron chi connectivity index (χ3n) is 1.78. The highest BCUT2D eigenvalue weighted by Crippen LogP contribution is 2.24. The third kappa shape index (κ3) is 2.87. The molecule has 0 saturated heterocycles. The zero-order valence-corrected chi connectivity index (χ0v) is 8.17. The van der Waals surface area contributed by atoms with Crippen molar-refractivity contribution >= 4 is 6.21 Å². The average molecular weight is 198 g/mol. The first kappa shape index (κ1) is 10.8. The molecule has 0 atom stereocenters. The van der Waals surface area contributed by atoms with Gasteiger partial charge in [-0.2, -0.15) is 8.78 Å². The highest BCUT2D eigenvalue weighted by Gasteiger charge is 2.25. The maximum atomic E-state index is 12.7. The topological polar surface area (TPSA) is 25.2 Å². The second-order valence-corrected chi connectivity index (χ2v) is 3.08. The van der Waals surface area contributed by atoms with Crippen molar-refractivity contribution in [2.24, 2.45) is 4.99 Å². The smallest absolute Gasteiger partial charge is 0.286 e. The van der Waals surface area contributed by atoms with Crippen LogP contribution in [0.15, 0.2) is 23.3 Å². The number of hydrogen-bond donors (Lipinski definition) is 0. The van der Waals surface area contributed by atoms with Crippen LogP contribution in [-0.2, 0) is 12.3 Å². The summed E-state index contributed by atoms with van der Waals surface area (Å²) in [6.07, 6.45) is 3.79. The molecular formula is C10H12F2N2. The second kappa shape index (κ2) is 4.26. The van der Waals surface area contributed by atoms with Crippen molar-refractivity contribution in [3.8, 4) is 0 Å². The molecule has 0 amide bonds. The molecule has 0 aliphatic carbocycles.